The molecule has 1 aromatic heterocycles. The summed E-state index contributed by atoms with van der Waals surface area (Å²) in [4.78, 5) is 0. The number of hydrogen-bond acceptors (Lipinski definition) is 3. The highest BCUT2D eigenvalue weighted by Crippen LogP contribution is 2.42. The van der Waals surface area contributed by atoms with Gasteiger partial charge in [0.15, 0.2) is 5.75 Å². The minimum atomic E-state index is 0.563. The van der Waals surface area contributed by atoms with Gasteiger partial charge in [-0.05, 0) is 31.7 Å². The Bertz CT molecular complexity index is 402. The smallest absolute Gasteiger partial charge is 0.160 e. The highest BCUT2D eigenvalue weighted by molar-refractivity contribution is 5.30. The van der Waals surface area contributed by atoms with Crippen molar-refractivity contribution in [3.8, 4) is 5.75 Å². The second kappa shape index (κ2) is 6.42. The summed E-state index contributed by atoms with van der Waals surface area (Å²) in [6.45, 7) is 8.76. The Kier molecular flexibility index (Phi) is 4.86. The maximum Gasteiger partial charge on any atom is 0.160 e. The molecule has 1 fully saturated rings. The largest absolute Gasteiger partial charge is 0.493 e. The maximum atomic E-state index is 5.52. The molecule has 0 radical (unpaired) electrons. The molecular weight excluding hydrogens is 238 g/mol. The molecule has 4 heteroatoms. The van der Waals surface area contributed by atoms with Crippen molar-refractivity contribution in [1.82, 2.24) is 15.1 Å². The minimum Gasteiger partial charge on any atom is -0.493 e. The van der Waals surface area contributed by atoms with Crippen LogP contribution in [0.2, 0.25) is 0 Å². The standard InChI is InChI=1S/C15H27N3O/c1-5-9-18-15(14(19-4)10-17-18)12-7-8-13(11(12)3)16-6-2/h10-13,16H,5-9H2,1-4H3. The van der Waals surface area contributed by atoms with Crippen LogP contribution in [-0.2, 0) is 6.54 Å². The van der Waals surface area contributed by atoms with Crippen molar-refractivity contribution >= 4 is 0 Å². The Labute approximate surface area is 116 Å². The molecule has 3 unspecified atom stereocenters. The zero-order valence-corrected chi connectivity index (χ0v) is 12.6. The third-order valence-electron chi connectivity index (χ3n) is 4.38. The number of methoxy groups -OCH3 is 1. The number of ether oxygens (including phenoxy) is 1. The van der Waals surface area contributed by atoms with Gasteiger partial charge in [0.25, 0.3) is 0 Å². The fourth-order valence-electron chi connectivity index (χ4n) is 3.40. The predicted molar refractivity (Wildman–Crippen MR) is 77.7 cm³/mol. The van der Waals surface area contributed by atoms with Gasteiger partial charge in [-0.2, -0.15) is 5.10 Å². The Morgan fingerprint density at radius 1 is 1.42 bits per heavy atom. The first-order chi connectivity index (χ1) is 9.22. The van der Waals surface area contributed by atoms with E-state index >= 15 is 0 Å². The summed E-state index contributed by atoms with van der Waals surface area (Å²) in [6, 6.07) is 0.629. The van der Waals surface area contributed by atoms with Crippen LogP contribution in [0, 0.1) is 5.92 Å². The van der Waals surface area contributed by atoms with Crippen molar-refractivity contribution in [2.24, 2.45) is 5.92 Å². The number of nitrogens with one attached hydrogen (secondary N) is 1. The van der Waals surface area contributed by atoms with Crippen LogP contribution < -0.4 is 10.1 Å². The van der Waals surface area contributed by atoms with Crippen LogP contribution in [-0.4, -0.2) is 29.5 Å². The molecule has 0 aliphatic heterocycles. The molecule has 0 spiro atoms. The van der Waals surface area contributed by atoms with E-state index in [4.69, 9.17) is 4.74 Å². The molecule has 1 N–H and O–H groups in total. The molecule has 3 atom stereocenters. The van der Waals surface area contributed by atoms with Crippen molar-refractivity contribution in [3.05, 3.63) is 11.9 Å². The van der Waals surface area contributed by atoms with Crippen LogP contribution in [0.3, 0.4) is 0 Å². The van der Waals surface area contributed by atoms with Crippen LogP contribution >= 0.6 is 0 Å². The Balaban J connectivity index is 2.23. The fraction of sp³-hybridized carbons (Fsp3) is 0.800. The van der Waals surface area contributed by atoms with Crippen molar-refractivity contribution in [2.75, 3.05) is 13.7 Å². The first-order valence-electron chi connectivity index (χ1n) is 7.55. The van der Waals surface area contributed by atoms with Gasteiger partial charge in [-0.1, -0.05) is 20.8 Å². The van der Waals surface area contributed by atoms with Gasteiger partial charge in [0.1, 0.15) is 0 Å². The molecule has 19 heavy (non-hydrogen) atoms. The van der Waals surface area contributed by atoms with E-state index in [-0.39, 0.29) is 0 Å². The molecule has 2 rings (SSSR count). The first kappa shape index (κ1) is 14.4. The minimum absolute atomic E-state index is 0.563. The fourth-order valence-corrected chi connectivity index (χ4v) is 3.40. The summed E-state index contributed by atoms with van der Waals surface area (Å²) in [5.74, 6) is 2.16. The van der Waals surface area contributed by atoms with Gasteiger partial charge in [-0.3, -0.25) is 4.68 Å². The summed E-state index contributed by atoms with van der Waals surface area (Å²) in [5.41, 5.74) is 1.30. The zero-order chi connectivity index (χ0) is 13.8. The average molecular weight is 265 g/mol. The summed E-state index contributed by atoms with van der Waals surface area (Å²) < 4.78 is 7.67. The van der Waals surface area contributed by atoms with Gasteiger partial charge in [-0.15, -0.1) is 0 Å². The van der Waals surface area contributed by atoms with E-state index in [1.54, 1.807) is 7.11 Å². The molecular formula is C15H27N3O. The van der Waals surface area contributed by atoms with E-state index < -0.39 is 0 Å². The maximum absolute atomic E-state index is 5.52. The summed E-state index contributed by atoms with van der Waals surface area (Å²) >= 11 is 0. The lowest BCUT2D eigenvalue weighted by molar-refractivity contribution is 0.370. The Morgan fingerprint density at radius 2 is 2.21 bits per heavy atom. The molecule has 0 aromatic carbocycles. The SMILES string of the molecule is CCCn1ncc(OC)c1C1CCC(NCC)C1C. The molecule has 0 saturated heterocycles. The van der Waals surface area contributed by atoms with Crippen LogP contribution in [0.5, 0.6) is 5.75 Å². The molecule has 0 bridgehead atoms. The van der Waals surface area contributed by atoms with Gasteiger partial charge in [-0.25, -0.2) is 0 Å². The number of nitrogens with zero attached hydrogens (tertiary/aromatic N) is 2. The zero-order valence-electron chi connectivity index (χ0n) is 12.6. The molecule has 4 nitrogen and oxygen atoms in total. The van der Waals surface area contributed by atoms with E-state index in [0.29, 0.717) is 17.9 Å². The second-order valence-corrected chi connectivity index (χ2v) is 5.53. The van der Waals surface area contributed by atoms with Crippen molar-refractivity contribution in [3.63, 3.8) is 0 Å². The highest BCUT2D eigenvalue weighted by Gasteiger charge is 2.36. The van der Waals surface area contributed by atoms with E-state index in [1.165, 1.54) is 18.5 Å². The van der Waals surface area contributed by atoms with Crippen LogP contribution in [0.1, 0.15) is 51.6 Å². The highest BCUT2D eigenvalue weighted by atomic mass is 16.5. The lowest BCUT2D eigenvalue weighted by Crippen LogP contribution is -2.32. The van der Waals surface area contributed by atoms with E-state index in [1.807, 2.05) is 6.20 Å². The van der Waals surface area contributed by atoms with Gasteiger partial charge in [0.05, 0.1) is 19.0 Å². The average Bonchev–Trinajstić information content (AvgIpc) is 2.95. The topological polar surface area (TPSA) is 39.1 Å². The number of rotatable bonds is 6. The van der Waals surface area contributed by atoms with Gasteiger partial charge in [0.2, 0.25) is 0 Å². The molecule has 1 aromatic rings. The third-order valence-corrected chi connectivity index (χ3v) is 4.38. The van der Waals surface area contributed by atoms with Crippen LogP contribution in [0.4, 0.5) is 0 Å². The van der Waals surface area contributed by atoms with E-state index in [0.717, 1.165) is 25.3 Å². The quantitative estimate of drug-likeness (QED) is 0.859. The Hall–Kier alpha value is -1.03. The third kappa shape index (κ3) is 2.78. The summed E-state index contributed by atoms with van der Waals surface area (Å²) in [5, 5.41) is 8.10. The lowest BCUT2D eigenvalue weighted by Gasteiger charge is -2.23. The van der Waals surface area contributed by atoms with Gasteiger partial charge >= 0.3 is 0 Å². The van der Waals surface area contributed by atoms with Gasteiger partial charge < -0.3 is 10.1 Å². The molecule has 1 saturated carbocycles. The summed E-state index contributed by atoms with van der Waals surface area (Å²) in [6.07, 6.45) is 5.46. The molecule has 1 heterocycles. The van der Waals surface area contributed by atoms with Crippen molar-refractivity contribution in [1.29, 1.82) is 0 Å². The lowest BCUT2D eigenvalue weighted by atomic mass is 9.92. The molecule has 1 aliphatic rings. The van der Waals surface area contributed by atoms with Crippen molar-refractivity contribution < 1.29 is 4.74 Å². The number of hydrogen-bond donors (Lipinski definition) is 1. The van der Waals surface area contributed by atoms with Crippen LogP contribution in [0.25, 0.3) is 0 Å². The number of aromatic nitrogens is 2. The van der Waals surface area contributed by atoms with Crippen molar-refractivity contribution in [2.45, 2.75) is 58.5 Å². The molecule has 1 aliphatic carbocycles. The predicted octanol–water partition coefficient (Wildman–Crippen LogP) is 2.79. The van der Waals surface area contributed by atoms with E-state index in [9.17, 15) is 0 Å². The van der Waals surface area contributed by atoms with Gasteiger partial charge in [0, 0.05) is 18.5 Å². The van der Waals surface area contributed by atoms with Crippen LogP contribution in [0.15, 0.2) is 6.20 Å². The summed E-state index contributed by atoms with van der Waals surface area (Å²) in [7, 11) is 1.75. The number of aryl methyl sites for hydroxylation is 1. The first-order valence-corrected chi connectivity index (χ1v) is 7.55. The monoisotopic (exact) mass is 265 g/mol. The normalized spacial score (nSPS) is 26.8. The Morgan fingerprint density at radius 3 is 2.84 bits per heavy atom. The van der Waals surface area contributed by atoms with E-state index in [2.05, 4.69) is 35.9 Å². The second-order valence-electron chi connectivity index (χ2n) is 5.53. The molecule has 0 amide bonds. The molecule has 108 valence electrons.